The summed E-state index contributed by atoms with van der Waals surface area (Å²) >= 11 is 0. The molecule has 0 amide bonds. The summed E-state index contributed by atoms with van der Waals surface area (Å²) in [6, 6.07) is 15.4. The van der Waals surface area contributed by atoms with Gasteiger partial charge in [-0.05, 0) is 57.0 Å². The number of nitriles is 1. The van der Waals surface area contributed by atoms with Crippen molar-refractivity contribution in [2.45, 2.75) is 57.2 Å². The molecule has 214 valence electrons. The molecular weight excluding hydrogens is 529 g/mol. The van der Waals surface area contributed by atoms with Gasteiger partial charge in [-0.15, -0.1) is 0 Å². The van der Waals surface area contributed by atoms with Gasteiger partial charge in [0.2, 0.25) is 0 Å². The van der Waals surface area contributed by atoms with Gasteiger partial charge in [-0.25, -0.2) is 4.39 Å². The van der Waals surface area contributed by atoms with Gasteiger partial charge in [-0.2, -0.15) is 5.26 Å². The van der Waals surface area contributed by atoms with E-state index in [1.165, 1.54) is 13.2 Å². The molecule has 3 aromatic carbocycles. The monoisotopic (exact) mass is 561 g/mol. The maximum atomic E-state index is 15.1. The van der Waals surface area contributed by atoms with Crippen molar-refractivity contribution in [2.75, 3.05) is 20.3 Å². The van der Waals surface area contributed by atoms with Gasteiger partial charge in [0.05, 0.1) is 37.9 Å². The summed E-state index contributed by atoms with van der Waals surface area (Å²) in [5, 5.41) is 19.6. The topological polar surface area (TPSA) is 107 Å². The van der Waals surface area contributed by atoms with Gasteiger partial charge >= 0.3 is 5.97 Å². The fourth-order valence-electron chi connectivity index (χ4n) is 5.11. The first-order valence-electron chi connectivity index (χ1n) is 13.5. The first kappa shape index (κ1) is 28.2. The van der Waals surface area contributed by atoms with E-state index in [4.69, 9.17) is 23.7 Å². The third-order valence-electron chi connectivity index (χ3n) is 7.30. The summed E-state index contributed by atoms with van der Waals surface area (Å²) in [7, 11) is 1.36. The van der Waals surface area contributed by atoms with E-state index in [0.717, 1.165) is 5.56 Å². The molecule has 1 N–H and O–H groups in total. The predicted octanol–water partition coefficient (Wildman–Crippen LogP) is 6.13. The van der Waals surface area contributed by atoms with Gasteiger partial charge in [0, 0.05) is 41.2 Å². The highest BCUT2D eigenvalue weighted by Crippen LogP contribution is 2.45. The molecule has 3 aromatic rings. The lowest BCUT2D eigenvalue weighted by molar-refractivity contribution is -0.141. The molecule has 0 aromatic heterocycles. The number of esters is 1. The number of benzene rings is 3. The van der Waals surface area contributed by atoms with Gasteiger partial charge in [-0.3, -0.25) is 4.79 Å². The van der Waals surface area contributed by atoms with Gasteiger partial charge in [0.15, 0.2) is 0 Å². The van der Waals surface area contributed by atoms with Crippen molar-refractivity contribution in [1.82, 2.24) is 0 Å². The lowest BCUT2D eigenvalue weighted by atomic mass is 9.98. The van der Waals surface area contributed by atoms with Crippen LogP contribution in [0.15, 0.2) is 48.5 Å². The van der Waals surface area contributed by atoms with Crippen LogP contribution >= 0.6 is 0 Å². The van der Waals surface area contributed by atoms with Crippen LogP contribution in [0.4, 0.5) is 4.39 Å². The van der Waals surface area contributed by atoms with Crippen molar-refractivity contribution in [3.05, 3.63) is 76.6 Å². The molecular formula is C32H32FNO7. The first-order valence-corrected chi connectivity index (χ1v) is 13.5. The number of aliphatic hydroxyl groups is 1. The summed E-state index contributed by atoms with van der Waals surface area (Å²) in [6.45, 7) is 4.08. The van der Waals surface area contributed by atoms with Crippen LogP contribution in [-0.2, 0) is 16.0 Å². The molecule has 1 unspecified atom stereocenters. The summed E-state index contributed by atoms with van der Waals surface area (Å²) in [6.07, 6.45) is 1.20. The van der Waals surface area contributed by atoms with Crippen molar-refractivity contribution in [1.29, 1.82) is 5.26 Å². The smallest absolute Gasteiger partial charge is 0.306 e. The Morgan fingerprint density at radius 3 is 2.71 bits per heavy atom. The maximum Gasteiger partial charge on any atom is 0.306 e. The first-order chi connectivity index (χ1) is 19.6. The normalized spacial score (nSPS) is 17.2. The van der Waals surface area contributed by atoms with E-state index >= 15 is 4.39 Å². The third-order valence-corrected chi connectivity index (χ3v) is 7.30. The van der Waals surface area contributed by atoms with Crippen LogP contribution in [0, 0.1) is 17.1 Å². The molecule has 9 heteroatoms. The zero-order chi connectivity index (χ0) is 29.1. The van der Waals surface area contributed by atoms with Crippen LogP contribution in [0.25, 0.3) is 0 Å². The molecule has 1 heterocycles. The number of fused-ring (bicyclic) bond motifs is 2. The Labute approximate surface area is 238 Å². The zero-order valence-electron chi connectivity index (χ0n) is 23.2. The highest BCUT2D eigenvalue weighted by molar-refractivity contribution is 5.71. The quantitative estimate of drug-likeness (QED) is 0.295. The Morgan fingerprint density at radius 2 is 1.95 bits per heavy atom. The van der Waals surface area contributed by atoms with E-state index in [-0.39, 0.29) is 18.3 Å². The Bertz CT molecular complexity index is 1490. The average molecular weight is 562 g/mol. The van der Waals surface area contributed by atoms with Crippen molar-refractivity contribution in [3.63, 3.8) is 0 Å². The lowest BCUT2D eigenvalue weighted by Gasteiger charge is -2.18. The minimum Gasteiger partial charge on any atom is -0.493 e. The van der Waals surface area contributed by atoms with Gasteiger partial charge in [-0.1, -0.05) is 6.07 Å². The molecule has 8 nitrogen and oxygen atoms in total. The van der Waals surface area contributed by atoms with Crippen LogP contribution in [0.2, 0.25) is 0 Å². The van der Waals surface area contributed by atoms with E-state index in [1.807, 2.05) is 6.07 Å². The Hall–Kier alpha value is -4.29. The van der Waals surface area contributed by atoms with Crippen molar-refractivity contribution < 1.29 is 38.0 Å². The highest BCUT2D eigenvalue weighted by Gasteiger charge is 2.32. The number of methoxy groups -OCH3 is 1. The minimum absolute atomic E-state index is 0.0837. The second-order valence-corrected chi connectivity index (χ2v) is 10.9. The molecule has 2 atom stereocenters. The molecule has 5 rings (SSSR count). The van der Waals surface area contributed by atoms with Crippen LogP contribution in [0.5, 0.6) is 28.7 Å². The fourth-order valence-corrected chi connectivity index (χ4v) is 5.11. The molecule has 0 spiro atoms. The second-order valence-electron chi connectivity index (χ2n) is 10.9. The average Bonchev–Trinajstić information content (AvgIpc) is 3.54. The van der Waals surface area contributed by atoms with Crippen LogP contribution in [-0.4, -0.2) is 37.0 Å². The minimum atomic E-state index is -0.862. The molecule has 0 bridgehead atoms. The summed E-state index contributed by atoms with van der Waals surface area (Å²) in [4.78, 5) is 11.7. The van der Waals surface area contributed by atoms with Crippen molar-refractivity contribution in [3.8, 4) is 34.8 Å². The number of hydrogen-bond acceptors (Lipinski definition) is 8. The highest BCUT2D eigenvalue weighted by atomic mass is 19.1. The van der Waals surface area contributed by atoms with Crippen LogP contribution in [0.1, 0.15) is 67.4 Å². The van der Waals surface area contributed by atoms with E-state index < -0.39 is 17.5 Å². The summed E-state index contributed by atoms with van der Waals surface area (Å²) < 4.78 is 43.8. The predicted molar refractivity (Wildman–Crippen MR) is 147 cm³/mol. The van der Waals surface area contributed by atoms with Gasteiger partial charge in [0.1, 0.15) is 46.7 Å². The molecule has 1 aliphatic heterocycles. The SMILES string of the molecule is COC(=O)CC1COc2cc(O[C@@H]3CCc4c(Oc5cc(OCCC(C)(C)O)ccc5C#N)ccc(F)c43)ccc21. The molecule has 0 saturated carbocycles. The number of halogens is 1. The van der Waals surface area contributed by atoms with Crippen molar-refractivity contribution >= 4 is 5.97 Å². The van der Waals surface area contributed by atoms with Gasteiger partial charge in [0.25, 0.3) is 0 Å². The third kappa shape index (κ3) is 6.39. The van der Waals surface area contributed by atoms with E-state index in [9.17, 15) is 15.2 Å². The number of nitrogens with zero attached hydrogens (tertiary/aromatic N) is 1. The van der Waals surface area contributed by atoms with E-state index in [0.29, 0.717) is 77.9 Å². The zero-order valence-corrected chi connectivity index (χ0v) is 23.2. The Kier molecular flexibility index (Phi) is 8.04. The Morgan fingerprint density at radius 1 is 1.15 bits per heavy atom. The summed E-state index contributed by atoms with van der Waals surface area (Å²) in [5.41, 5.74) is 1.47. The van der Waals surface area contributed by atoms with E-state index in [1.54, 1.807) is 50.2 Å². The van der Waals surface area contributed by atoms with Crippen LogP contribution < -0.4 is 18.9 Å². The maximum absolute atomic E-state index is 15.1. The molecule has 0 radical (unpaired) electrons. The lowest BCUT2D eigenvalue weighted by Crippen LogP contribution is -2.21. The number of carbonyl (C=O) groups is 1. The summed E-state index contributed by atoms with van der Waals surface area (Å²) in [5.74, 6) is 1.64. The molecule has 0 saturated heterocycles. The number of rotatable bonds is 10. The molecule has 0 fully saturated rings. The number of hydrogen-bond donors (Lipinski definition) is 1. The number of ether oxygens (including phenoxy) is 5. The van der Waals surface area contributed by atoms with Crippen LogP contribution in [0.3, 0.4) is 0 Å². The second kappa shape index (κ2) is 11.7. The Balaban J connectivity index is 1.33. The fraction of sp³-hybridized carbons (Fsp3) is 0.375. The number of carbonyl (C=O) groups excluding carboxylic acids is 1. The van der Waals surface area contributed by atoms with Gasteiger partial charge < -0.3 is 28.8 Å². The molecule has 2 aliphatic rings. The molecule has 41 heavy (non-hydrogen) atoms. The molecule has 1 aliphatic carbocycles. The van der Waals surface area contributed by atoms with Crippen molar-refractivity contribution in [2.24, 2.45) is 0 Å². The standard InChI is InChI=1S/C32H32FNO7/c1-32(2,36)12-13-38-21-5-4-19(17-34)28(15-21)41-26-11-9-25(33)31-24(26)8-10-27(31)40-22-6-7-23-20(14-30(35)37-3)18-39-29(23)16-22/h4-7,9,11,15-16,20,27,36H,8,10,12-14,18H2,1-3H3/t20?,27-/m1/s1. The largest absolute Gasteiger partial charge is 0.493 e. The van der Waals surface area contributed by atoms with E-state index in [2.05, 4.69) is 6.07 Å².